The number of hydrogen-bond donors (Lipinski definition) is 1. The largest absolute Gasteiger partial charge is 0.516 e. The van der Waals surface area contributed by atoms with E-state index in [9.17, 15) is 43.9 Å². The highest BCUT2D eigenvalue weighted by Gasteiger charge is 2.51. The predicted octanol–water partition coefficient (Wildman–Crippen LogP) is 3.43. The highest BCUT2D eigenvalue weighted by atomic mass is 32.2. The van der Waals surface area contributed by atoms with Crippen LogP contribution in [0.2, 0.25) is 0 Å². The van der Waals surface area contributed by atoms with Crippen molar-refractivity contribution in [3.63, 3.8) is 0 Å². The van der Waals surface area contributed by atoms with Gasteiger partial charge in [-0.05, 0) is 37.1 Å². The maximum absolute atomic E-state index is 14.8. The van der Waals surface area contributed by atoms with Crippen molar-refractivity contribution in [3.05, 3.63) is 58.9 Å². The maximum atomic E-state index is 14.8. The third kappa shape index (κ3) is 5.32. The van der Waals surface area contributed by atoms with Gasteiger partial charge in [-0.15, -0.1) is 0 Å². The molecule has 1 aromatic carbocycles. The number of rotatable bonds is 5. The second kappa shape index (κ2) is 9.65. The number of carbonyl (C=O) groups is 1. The summed E-state index contributed by atoms with van der Waals surface area (Å²) in [6, 6.07) is 3.45. The Labute approximate surface area is 215 Å². The monoisotopic (exact) mass is 581 g/mol. The van der Waals surface area contributed by atoms with Crippen LogP contribution in [0.5, 0.6) is 0 Å². The molecule has 1 N–H and O–H groups in total. The Morgan fingerprint density at radius 2 is 1.79 bits per heavy atom. The molecule has 0 saturated heterocycles. The van der Waals surface area contributed by atoms with Gasteiger partial charge < -0.3 is 5.32 Å². The van der Waals surface area contributed by atoms with Crippen molar-refractivity contribution in [2.75, 3.05) is 18.1 Å². The summed E-state index contributed by atoms with van der Waals surface area (Å²) in [4.78, 5) is 19.9. The minimum Gasteiger partial charge on any atom is -0.347 e. The van der Waals surface area contributed by atoms with Crippen LogP contribution in [-0.4, -0.2) is 57.4 Å². The summed E-state index contributed by atoms with van der Waals surface area (Å²) in [6.07, 6.45) is -2.41. The summed E-state index contributed by atoms with van der Waals surface area (Å²) in [5, 5.41) is 7.00. The van der Waals surface area contributed by atoms with Gasteiger partial charge in [0.25, 0.3) is 5.91 Å². The molecular formula is C21H18F7N7O3S. The summed E-state index contributed by atoms with van der Waals surface area (Å²) in [5.74, 6) is -2.94. The van der Waals surface area contributed by atoms with Crippen LogP contribution in [0.4, 0.5) is 36.4 Å². The molecule has 0 aliphatic carbocycles. The first-order chi connectivity index (χ1) is 18.0. The molecule has 0 unspecified atom stereocenters. The number of carbonyl (C=O) groups excluding carboxylic acids is 1. The molecule has 0 saturated carbocycles. The molecular weight excluding hydrogens is 563 g/mol. The first kappa shape index (κ1) is 28.1. The minimum absolute atomic E-state index is 0.0671. The zero-order valence-electron chi connectivity index (χ0n) is 20.0. The van der Waals surface area contributed by atoms with Crippen LogP contribution in [0, 0.1) is 12.7 Å². The lowest BCUT2D eigenvalue weighted by atomic mass is 10.2. The van der Waals surface area contributed by atoms with E-state index in [2.05, 4.69) is 20.4 Å². The SMILES string of the molecule is CC1=NN(c2ccc(CNC(=O)c3c(C(F)(F)F)nc4ncc(C)cn34)cc2F)CCN1S(=O)(=O)C(F)(F)F. The number of amidine groups is 1. The Hall–Kier alpha value is -3.96. The molecule has 0 atom stereocenters. The molecule has 10 nitrogen and oxygen atoms in total. The number of fused-ring (bicyclic) bond motifs is 1. The molecule has 18 heteroatoms. The molecule has 3 aromatic rings. The van der Waals surface area contributed by atoms with Crippen molar-refractivity contribution < 1.29 is 43.9 Å². The van der Waals surface area contributed by atoms with Crippen LogP contribution in [-0.2, 0) is 22.7 Å². The molecule has 1 aliphatic heterocycles. The molecule has 0 radical (unpaired) electrons. The van der Waals surface area contributed by atoms with E-state index in [1.54, 1.807) is 6.92 Å². The Bertz CT molecular complexity index is 1580. The number of hydrazone groups is 1. The van der Waals surface area contributed by atoms with Crippen LogP contribution >= 0.6 is 0 Å². The normalized spacial score (nSPS) is 15.1. The fourth-order valence-corrected chi connectivity index (χ4v) is 4.75. The van der Waals surface area contributed by atoms with Crippen molar-refractivity contribution in [1.82, 2.24) is 24.0 Å². The first-order valence-corrected chi connectivity index (χ1v) is 12.3. The number of aryl methyl sites for hydroxylation is 1. The van der Waals surface area contributed by atoms with Crippen molar-refractivity contribution in [2.24, 2.45) is 5.10 Å². The van der Waals surface area contributed by atoms with Crippen molar-refractivity contribution in [1.29, 1.82) is 0 Å². The zero-order valence-corrected chi connectivity index (χ0v) is 20.8. The molecule has 0 fully saturated rings. The van der Waals surface area contributed by atoms with E-state index in [-0.39, 0.29) is 27.9 Å². The van der Waals surface area contributed by atoms with Crippen LogP contribution < -0.4 is 10.3 Å². The Balaban J connectivity index is 1.53. The van der Waals surface area contributed by atoms with Gasteiger partial charge in [-0.25, -0.2) is 18.7 Å². The van der Waals surface area contributed by atoms with Gasteiger partial charge in [0.15, 0.2) is 5.69 Å². The van der Waals surface area contributed by atoms with Gasteiger partial charge >= 0.3 is 21.7 Å². The molecule has 0 bridgehead atoms. The molecule has 0 spiro atoms. The van der Waals surface area contributed by atoms with Crippen molar-refractivity contribution in [2.45, 2.75) is 32.1 Å². The van der Waals surface area contributed by atoms with Gasteiger partial charge in [-0.2, -0.15) is 39.9 Å². The van der Waals surface area contributed by atoms with Gasteiger partial charge in [-0.3, -0.25) is 14.2 Å². The van der Waals surface area contributed by atoms with Gasteiger partial charge in [0.05, 0.1) is 18.8 Å². The lowest BCUT2D eigenvalue weighted by molar-refractivity contribution is -0.141. The number of anilines is 1. The smallest absolute Gasteiger partial charge is 0.347 e. The number of hydrogen-bond acceptors (Lipinski definition) is 7. The molecule has 210 valence electrons. The maximum Gasteiger partial charge on any atom is 0.516 e. The summed E-state index contributed by atoms with van der Waals surface area (Å²) in [7, 11) is -5.67. The van der Waals surface area contributed by atoms with Crippen LogP contribution in [0.1, 0.15) is 34.2 Å². The quantitative estimate of drug-likeness (QED) is 0.463. The molecule has 1 amide bonds. The summed E-state index contributed by atoms with van der Waals surface area (Å²) in [5.41, 5.74) is -7.38. The van der Waals surface area contributed by atoms with Gasteiger partial charge in [0.2, 0.25) is 5.78 Å². The summed E-state index contributed by atoms with van der Waals surface area (Å²) in [6.45, 7) is 1.14. The number of imidazole rings is 1. The van der Waals surface area contributed by atoms with E-state index in [1.165, 1.54) is 24.5 Å². The van der Waals surface area contributed by atoms with E-state index in [1.807, 2.05) is 0 Å². The number of sulfonamides is 1. The summed E-state index contributed by atoms with van der Waals surface area (Å²) >= 11 is 0. The number of nitrogens with zero attached hydrogens (tertiary/aromatic N) is 6. The van der Waals surface area contributed by atoms with E-state index < -0.39 is 63.7 Å². The lowest BCUT2D eigenvalue weighted by Gasteiger charge is -2.33. The highest BCUT2D eigenvalue weighted by Crippen LogP contribution is 2.32. The number of halogens is 7. The van der Waals surface area contributed by atoms with Gasteiger partial charge in [0, 0.05) is 18.9 Å². The summed E-state index contributed by atoms with van der Waals surface area (Å²) < 4.78 is 118. The third-order valence-corrected chi connectivity index (χ3v) is 7.17. The van der Waals surface area contributed by atoms with Crippen molar-refractivity contribution in [3.8, 4) is 0 Å². The van der Waals surface area contributed by atoms with Gasteiger partial charge in [0.1, 0.15) is 17.3 Å². The predicted molar refractivity (Wildman–Crippen MR) is 122 cm³/mol. The Morgan fingerprint density at radius 1 is 1.10 bits per heavy atom. The van der Waals surface area contributed by atoms with Crippen LogP contribution in [0.15, 0.2) is 35.7 Å². The zero-order chi connectivity index (χ0) is 28.9. The van der Waals surface area contributed by atoms with Crippen LogP contribution in [0.3, 0.4) is 0 Å². The highest BCUT2D eigenvalue weighted by molar-refractivity contribution is 7.90. The first-order valence-electron chi connectivity index (χ1n) is 10.9. The average Bonchev–Trinajstić information content (AvgIpc) is 3.21. The minimum atomic E-state index is -5.67. The standard InChI is InChI=1S/C21H18F7N7O3S/c1-11-8-30-19-31-17(20(23,24)25)16(33(19)10-11)18(36)29-9-13-3-4-15(14(22)7-13)34-5-6-35(12(2)32-34)39(37,38)21(26,27)28/h3-4,7-8,10H,5-6,9H2,1-2H3,(H,29,36). The van der Waals surface area contributed by atoms with E-state index in [4.69, 9.17) is 0 Å². The van der Waals surface area contributed by atoms with E-state index >= 15 is 0 Å². The van der Waals surface area contributed by atoms with E-state index in [0.29, 0.717) is 5.56 Å². The second-order valence-electron chi connectivity index (χ2n) is 8.37. The molecule has 4 rings (SSSR count). The fraction of sp³-hybridized carbons (Fsp3) is 0.333. The topological polar surface area (TPSA) is 112 Å². The number of amides is 1. The fourth-order valence-electron chi connectivity index (χ4n) is 3.80. The number of nitrogens with one attached hydrogen (secondary N) is 1. The van der Waals surface area contributed by atoms with Gasteiger partial charge in [-0.1, -0.05) is 6.07 Å². The number of alkyl halides is 6. The Morgan fingerprint density at radius 3 is 2.38 bits per heavy atom. The molecule has 2 aromatic heterocycles. The Kier molecular flexibility index (Phi) is 6.95. The van der Waals surface area contributed by atoms with E-state index in [0.717, 1.165) is 22.4 Å². The second-order valence-corrected chi connectivity index (χ2v) is 10.2. The lowest BCUT2D eigenvalue weighted by Crippen LogP contribution is -2.50. The molecule has 3 heterocycles. The third-order valence-electron chi connectivity index (χ3n) is 5.56. The average molecular weight is 581 g/mol. The molecule has 1 aliphatic rings. The molecule has 39 heavy (non-hydrogen) atoms. The van der Waals surface area contributed by atoms with Crippen molar-refractivity contribution >= 4 is 33.2 Å². The number of aromatic nitrogens is 3. The number of benzene rings is 1. The van der Waals surface area contributed by atoms with Crippen LogP contribution in [0.25, 0.3) is 5.78 Å².